The number of carbonyl (C=O) groups is 1. The van der Waals surface area contributed by atoms with Crippen molar-refractivity contribution in [2.45, 2.75) is 20.8 Å². The van der Waals surface area contributed by atoms with Crippen LogP contribution in [0.1, 0.15) is 27.6 Å². The van der Waals surface area contributed by atoms with E-state index in [-0.39, 0.29) is 11.6 Å². The second-order valence-corrected chi connectivity index (χ2v) is 4.96. The predicted octanol–water partition coefficient (Wildman–Crippen LogP) is 1.51. The van der Waals surface area contributed by atoms with E-state index in [0.29, 0.717) is 23.0 Å². The van der Waals surface area contributed by atoms with Crippen LogP contribution < -0.4 is 10.2 Å². The van der Waals surface area contributed by atoms with E-state index in [2.05, 4.69) is 25.3 Å². The molecule has 0 aliphatic carbocycles. The Bertz CT molecular complexity index is 643. The highest BCUT2D eigenvalue weighted by Crippen LogP contribution is 2.20. The topological polar surface area (TPSA) is 83.9 Å². The van der Waals surface area contributed by atoms with Crippen LogP contribution in [0.3, 0.4) is 0 Å². The van der Waals surface area contributed by atoms with E-state index >= 15 is 0 Å². The van der Waals surface area contributed by atoms with Crippen LogP contribution in [-0.4, -0.2) is 39.9 Å². The van der Waals surface area contributed by atoms with Crippen molar-refractivity contribution in [2.24, 2.45) is 0 Å². The van der Waals surface area contributed by atoms with Crippen LogP contribution in [-0.2, 0) is 0 Å². The van der Waals surface area contributed by atoms with Gasteiger partial charge in [0.15, 0.2) is 0 Å². The number of rotatable bonds is 3. The fourth-order valence-corrected chi connectivity index (χ4v) is 1.77. The summed E-state index contributed by atoms with van der Waals surface area (Å²) in [5, 5.41) is 2.80. The number of amides is 1. The first kappa shape index (κ1) is 14.8. The fraction of sp³-hybridized carbons (Fsp3) is 0.357. The third kappa shape index (κ3) is 3.31. The van der Waals surface area contributed by atoms with Crippen molar-refractivity contribution in [2.75, 3.05) is 24.3 Å². The molecule has 0 radical (unpaired) electrons. The molecule has 0 aromatic carbocycles. The van der Waals surface area contributed by atoms with Crippen molar-refractivity contribution in [1.82, 2.24) is 19.9 Å². The monoisotopic (exact) mass is 286 g/mol. The van der Waals surface area contributed by atoms with Gasteiger partial charge in [0.1, 0.15) is 5.69 Å². The summed E-state index contributed by atoms with van der Waals surface area (Å²) < 4.78 is 0. The van der Waals surface area contributed by atoms with Gasteiger partial charge in [0.2, 0.25) is 5.95 Å². The lowest BCUT2D eigenvalue weighted by Crippen LogP contribution is -2.19. The van der Waals surface area contributed by atoms with Gasteiger partial charge in [-0.25, -0.2) is 15.0 Å². The molecule has 1 amide bonds. The minimum Gasteiger partial charge on any atom is -0.347 e. The van der Waals surface area contributed by atoms with Gasteiger partial charge >= 0.3 is 0 Å². The summed E-state index contributed by atoms with van der Waals surface area (Å²) in [6.45, 7) is 5.48. The maximum absolute atomic E-state index is 12.2. The highest BCUT2D eigenvalue weighted by Gasteiger charge is 2.14. The predicted molar refractivity (Wildman–Crippen MR) is 80.6 cm³/mol. The minimum absolute atomic E-state index is 0.260. The summed E-state index contributed by atoms with van der Waals surface area (Å²) in [6.07, 6.45) is 3.00. The van der Waals surface area contributed by atoms with E-state index in [1.807, 2.05) is 39.8 Å². The Morgan fingerprint density at radius 1 is 1.05 bits per heavy atom. The molecule has 2 aromatic rings. The summed E-state index contributed by atoms with van der Waals surface area (Å²) in [7, 11) is 3.74. The van der Waals surface area contributed by atoms with Gasteiger partial charge in [-0.2, -0.15) is 0 Å². The first-order valence-corrected chi connectivity index (χ1v) is 6.51. The average Bonchev–Trinajstić information content (AvgIpc) is 2.43. The molecule has 0 bridgehead atoms. The van der Waals surface area contributed by atoms with Gasteiger partial charge in [0.25, 0.3) is 5.91 Å². The number of carbonyl (C=O) groups excluding carboxylic acids is 1. The van der Waals surface area contributed by atoms with Gasteiger partial charge in [0, 0.05) is 20.3 Å². The van der Waals surface area contributed by atoms with Crippen LogP contribution in [0.5, 0.6) is 0 Å². The van der Waals surface area contributed by atoms with Gasteiger partial charge < -0.3 is 10.2 Å². The molecular formula is C14H18N6O. The number of hydrogen-bond acceptors (Lipinski definition) is 6. The van der Waals surface area contributed by atoms with E-state index in [0.717, 1.165) is 5.69 Å². The molecule has 0 saturated heterocycles. The van der Waals surface area contributed by atoms with E-state index < -0.39 is 0 Å². The molecular weight excluding hydrogens is 268 g/mol. The molecule has 1 N–H and O–H groups in total. The normalized spacial score (nSPS) is 10.3. The Balaban J connectivity index is 2.27. The van der Waals surface area contributed by atoms with Crippen molar-refractivity contribution >= 4 is 17.5 Å². The minimum atomic E-state index is -0.324. The van der Waals surface area contributed by atoms with E-state index in [1.54, 1.807) is 6.20 Å². The lowest BCUT2D eigenvalue weighted by molar-refractivity contribution is 0.102. The van der Waals surface area contributed by atoms with Gasteiger partial charge in [0.05, 0.1) is 29.0 Å². The van der Waals surface area contributed by atoms with Gasteiger partial charge in [-0.05, 0) is 20.8 Å². The van der Waals surface area contributed by atoms with Gasteiger partial charge in [-0.1, -0.05) is 0 Å². The molecule has 21 heavy (non-hydrogen) atoms. The summed E-state index contributed by atoms with van der Waals surface area (Å²) in [4.78, 5) is 30.8. The molecule has 2 aromatic heterocycles. The Morgan fingerprint density at radius 2 is 1.67 bits per heavy atom. The lowest BCUT2D eigenvalue weighted by Gasteiger charge is -2.15. The fourth-order valence-electron chi connectivity index (χ4n) is 1.77. The van der Waals surface area contributed by atoms with E-state index in [1.165, 1.54) is 6.20 Å². The zero-order valence-corrected chi connectivity index (χ0v) is 12.8. The third-order valence-corrected chi connectivity index (χ3v) is 2.91. The van der Waals surface area contributed by atoms with Crippen molar-refractivity contribution in [3.63, 3.8) is 0 Å². The molecule has 0 fully saturated rings. The van der Waals surface area contributed by atoms with E-state index in [9.17, 15) is 4.79 Å². The molecule has 0 aliphatic heterocycles. The Labute approximate surface area is 123 Å². The average molecular weight is 286 g/mol. The molecule has 110 valence electrons. The highest BCUT2D eigenvalue weighted by atomic mass is 16.1. The van der Waals surface area contributed by atoms with Crippen molar-refractivity contribution in [3.05, 3.63) is 35.2 Å². The van der Waals surface area contributed by atoms with Crippen molar-refractivity contribution in [1.29, 1.82) is 0 Å². The number of nitrogens with zero attached hydrogens (tertiary/aromatic N) is 5. The standard InChI is InChI=1S/C14H18N6O/c1-8-6-16-11(7-15-8)13(21)19-12-9(2)17-14(20(4)5)18-10(12)3/h6-7H,1-5H3,(H,19,21). The Hall–Kier alpha value is -2.57. The molecule has 7 nitrogen and oxygen atoms in total. The summed E-state index contributed by atoms with van der Waals surface area (Å²) in [5.41, 5.74) is 3.04. The molecule has 0 aliphatic rings. The number of aryl methyl sites for hydroxylation is 3. The van der Waals surface area contributed by atoms with Crippen LogP contribution in [0.25, 0.3) is 0 Å². The first-order valence-electron chi connectivity index (χ1n) is 6.51. The SMILES string of the molecule is Cc1cnc(C(=O)Nc2c(C)nc(N(C)C)nc2C)cn1. The molecule has 2 rings (SSSR count). The van der Waals surface area contributed by atoms with Gasteiger partial charge in [-0.15, -0.1) is 0 Å². The molecule has 0 unspecified atom stereocenters. The van der Waals surface area contributed by atoms with Crippen LogP contribution in [0.4, 0.5) is 11.6 Å². The molecule has 7 heteroatoms. The summed E-state index contributed by atoms with van der Waals surface area (Å²) >= 11 is 0. The summed E-state index contributed by atoms with van der Waals surface area (Å²) in [5.74, 6) is 0.285. The quantitative estimate of drug-likeness (QED) is 0.920. The van der Waals surface area contributed by atoms with Crippen LogP contribution in [0, 0.1) is 20.8 Å². The summed E-state index contributed by atoms with van der Waals surface area (Å²) in [6, 6.07) is 0. The molecule has 0 atom stereocenters. The zero-order chi connectivity index (χ0) is 15.6. The lowest BCUT2D eigenvalue weighted by atomic mass is 10.2. The number of anilines is 2. The number of hydrogen-bond donors (Lipinski definition) is 1. The van der Waals surface area contributed by atoms with Crippen LogP contribution in [0.15, 0.2) is 12.4 Å². The molecule has 0 saturated carbocycles. The third-order valence-electron chi connectivity index (χ3n) is 2.91. The molecule has 2 heterocycles. The largest absolute Gasteiger partial charge is 0.347 e. The second-order valence-electron chi connectivity index (χ2n) is 4.96. The smallest absolute Gasteiger partial charge is 0.275 e. The van der Waals surface area contributed by atoms with Crippen molar-refractivity contribution in [3.8, 4) is 0 Å². The second kappa shape index (κ2) is 5.82. The number of aromatic nitrogens is 4. The van der Waals surface area contributed by atoms with Crippen LogP contribution >= 0.6 is 0 Å². The van der Waals surface area contributed by atoms with Gasteiger partial charge in [-0.3, -0.25) is 9.78 Å². The maximum atomic E-state index is 12.2. The first-order chi connectivity index (χ1) is 9.88. The molecule has 0 spiro atoms. The van der Waals surface area contributed by atoms with Crippen LogP contribution in [0.2, 0.25) is 0 Å². The van der Waals surface area contributed by atoms with E-state index in [4.69, 9.17) is 0 Å². The highest BCUT2D eigenvalue weighted by molar-refractivity contribution is 6.03. The Morgan fingerprint density at radius 3 is 2.14 bits per heavy atom. The maximum Gasteiger partial charge on any atom is 0.275 e. The van der Waals surface area contributed by atoms with Crippen molar-refractivity contribution < 1.29 is 4.79 Å². The number of nitrogens with one attached hydrogen (secondary N) is 1. The Kier molecular flexibility index (Phi) is 4.11. The zero-order valence-electron chi connectivity index (χ0n) is 12.8.